The molecule has 0 bridgehead atoms. The molecule has 2 unspecified atom stereocenters. The molecule has 27 heavy (non-hydrogen) atoms. The van der Waals surface area contributed by atoms with Crippen LogP contribution in [0.1, 0.15) is 44.7 Å². The van der Waals surface area contributed by atoms with E-state index >= 15 is 0 Å². The predicted molar refractivity (Wildman–Crippen MR) is 113 cm³/mol. The Morgan fingerprint density at radius 1 is 0.852 bits per heavy atom. The van der Waals surface area contributed by atoms with Crippen molar-refractivity contribution in [2.24, 2.45) is 5.92 Å². The maximum Gasteiger partial charge on any atom is 0.258 e. The molecule has 0 saturated heterocycles. The smallest absolute Gasteiger partial charge is 0.258 e. The molecule has 0 aliphatic carbocycles. The van der Waals surface area contributed by atoms with Crippen LogP contribution in [0.2, 0.25) is 0 Å². The van der Waals surface area contributed by atoms with Crippen LogP contribution in [0.3, 0.4) is 0 Å². The molecule has 1 aromatic heterocycles. The number of hydrogen-bond donors (Lipinski definition) is 0. The quantitative estimate of drug-likeness (QED) is 0.552. The van der Waals surface area contributed by atoms with Gasteiger partial charge >= 0.3 is 0 Å². The predicted octanol–water partition coefficient (Wildman–Crippen LogP) is 6.11. The van der Waals surface area contributed by atoms with Crippen LogP contribution in [0.15, 0.2) is 71.5 Å². The van der Waals surface area contributed by atoms with E-state index in [1.165, 1.54) is 17.7 Å². The average molecular weight is 357 g/mol. The molecule has 1 aliphatic rings. The molecule has 0 saturated carbocycles. The minimum absolute atomic E-state index is 0.161. The average Bonchev–Trinajstić information content (AvgIpc) is 2.74. The summed E-state index contributed by atoms with van der Waals surface area (Å²) >= 11 is 0. The third kappa shape index (κ3) is 3.37. The van der Waals surface area contributed by atoms with Crippen LogP contribution in [-0.4, -0.2) is 4.57 Å². The van der Waals surface area contributed by atoms with E-state index in [2.05, 4.69) is 48.7 Å². The van der Waals surface area contributed by atoms with Gasteiger partial charge in [0.05, 0.1) is 0 Å². The van der Waals surface area contributed by atoms with Gasteiger partial charge in [0, 0.05) is 17.8 Å². The lowest BCUT2D eigenvalue weighted by Crippen LogP contribution is -2.33. The molecule has 0 radical (unpaired) electrons. The third-order valence-corrected chi connectivity index (χ3v) is 6.04. The zero-order valence-corrected chi connectivity index (χ0v) is 16.2. The second kappa shape index (κ2) is 7.56. The third-order valence-electron chi connectivity index (χ3n) is 6.04. The summed E-state index contributed by atoms with van der Waals surface area (Å²) in [7, 11) is 0. The maximum atomic E-state index is 13.3. The summed E-state index contributed by atoms with van der Waals surface area (Å²) in [5.74, 6) is 1.10. The number of benzene rings is 2. The first kappa shape index (κ1) is 17.8. The van der Waals surface area contributed by atoms with Crippen molar-refractivity contribution in [3.8, 4) is 22.3 Å². The van der Waals surface area contributed by atoms with Crippen molar-refractivity contribution in [1.82, 2.24) is 4.57 Å². The van der Waals surface area contributed by atoms with Crippen molar-refractivity contribution in [3.63, 3.8) is 0 Å². The van der Waals surface area contributed by atoms with E-state index in [4.69, 9.17) is 0 Å². The summed E-state index contributed by atoms with van der Waals surface area (Å²) in [6, 6.07) is 22.9. The van der Waals surface area contributed by atoms with E-state index in [1.54, 1.807) is 0 Å². The van der Waals surface area contributed by atoms with Crippen LogP contribution >= 0.6 is 0 Å². The molecule has 0 N–H and O–H groups in total. The van der Waals surface area contributed by atoms with Crippen LogP contribution in [0.4, 0.5) is 0 Å². The summed E-state index contributed by atoms with van der Waals surface area (Å²) in [5.41, 5.74) is 5.51. The molecule has 4 rings (SSSR count). The highest BCUT2D eigenvalue weighted by Crippen LogP contribution is 2.34. The van der Waals surface area contributed by atoms with Gasteiger partial charge < -0.3 is 4.57 Å². The van der Waals surface area contributed by atoms with Gasteiger partial charge in [-0.05, 0) is 59.6 Å². The number of aromatic nitrogens is 1. The van der Waals surface area contributed by atoms with Gasteiger partial charge in [0.25, 0.3) is 5.56 Å². The normalized spacial score (nSPS) is 18.9. The van der Waals surface area contributed by atoms with Gasteiger partial charge in [-0.2, -0.15) is 0 Å². The molecule has 2 heterocycles. The molecular formula is C25H27NO. The van der Waals surface area contributed by atoms with Crippen molar-refractivity contribution in [1.29, 1.82) is 0 Å². The maximum absolute atomic E-state index is 13.3. The van der Waals surface area contributed by atoms with E-state index in [0.29, 0.717) is 11.8 Å². The molecule has 1 aliphatic heterocycles. The fourth-order valence-corrected chi connectivity index (χ4v) is 4.38. The second-order valence-corrected chi connectivity index (χ2v) is 7.65. The molecule has 0 fully saturated rings. The van der Waals surface area contributed by atoms with Crippen molar-refractivity contribution < 1.29 is 0 Å². The van der Waals surface area contributed by atoms with E-state index in [1.807, 2.05) is 36.4 Å². The van der Waals surface area contributed by atoms with Gasteiger partial charge in [0.2, 0.25) is 0 Å². The van der Waals surface area contributed by atoms with Crippen molar-refractivity contribution in [3.05, 3.63) is 82.8 Å². The zero-order valence-electron chi connectivity index (χ0n) is 16.2. The topological polar surface area (TPSA) is 22.0 Å². The van der Waals surface area contributed by atoms with Crippen molar-refractivity contribution in [2.45, 2.75) is 45.6 Å². The van der Waals surface area contributed by atoms with Crippen LogP contribution in [0, 0.1) is 5.92 Å². The highest BCUT2D eigenvalue weighted by molar-refractivity contribution is 5.72. The number of pyridine rings is 1. The minimum Gasteiger partial charge on any atom is -0.312 e. The minimum atomic E-state index is 0.161. The monoisotopic (exact) mass is 357 g/mol. The lowest BCUT2D eigenvalue weighted by atomic mass is 9.84. The van der Waals surface area contributed by atoms with Crippen LogP contribution in [0.5, 0.6) is 0 Å². The van der Waals surface area contributed by atoms with E-state index in [9.17, 15) is 4.79 Å². The summed E-state index contributed by atoms with van der Waals surface area (Å²) in [6.45, 7) is 5.32. The van der Waals surface area contributed by atoms with Gasteiger partial charge in [-0.25, -0.2) is 0 Å². The number of rotatable bonds is 4. The summed E-state index contributed by atoms with van der Waals surface area (Å²) in [6.07, 6.45) is 3.43. The van der Waals surface area contributed by atoms with Gasteiger partial charge in [-0.1, -0.05) is 68.8 Å². The second-order valence-electron chi connectivity index (χ2n) is 7.65. The molecule has 2 aromatic carbocycles. The van der Waals surface area contributed by atoms with Gasteiger partial charge in [-0.15, -0.1) is 0 Å². The first-order chi connectivity index (χ1) is 13.2. The number of hydrogen-bond acceptors (Lipinski definition) is 1. The largest absolute Gasteiger partial charge is 0.312 e. The Morgan fingerprint density at radius 2 is 1.59 bits per heavy atom. The first-order valence-electron chi connectivity index (χ1n) is 10.1. The van der Waals surface area contributed by atoms with Crippen LogP contribution in [-0.2, 0) is 6.54 Å². The van der Waals surface area contributed by atoms with Crippen LogP contribution < -0.4 is 5.56 Å². The SMILES string of the molecule is CCC1CC(CC)c2ccc(-c3cccc(-c4ccccc4)c3)c(=O)n2C1. The Morgan fingerprint density at radius 3 is 2.33 bits per heavy atom. The standard InChI is InChI=1S/C25H27NO/c1-3-18-15-19(4-2)24-14-13-23(25(27)26(24)17-18)22-12-8-11-21(16-22)20-9-6-5-7-10-20/h5-14,16,18-19H,3-4,15,17H2,1-2H3. The Bertz CT molecular complexity index is 987. The Hall–Kier alpha value is -2.61. The number of fused-ring (bicyclic) bond motifs is 1. The molecular weight excluding hydrogens is 330 g/mol. The van der Waals surface area contributed by atoms with Gasteiger partial charge in [-0.3, -0.25) is 4.79 Å². The van der Waals surface area contributed by atoms with Crippen molar-refractivity contribution in [2.75, 3.05) is 0 Å². The highest BCUT2D eigenvalue weighted by atomic mass is 16.1. The summed E-state index contributed by atoms with van der Waals surface area (Å²) < 4.78 is 2.05. The lowest BCUT2D eigenvalue weighted by Gasteiger charge is -2.32. The molecule has 138 valence electrons. The van der Waals surface area contributed by atoms with Gasteiger partial charge in [0.15, 0.2) is 0 Å². The lowest BCUT2D eigenvalue weighted by molar-refractivity contribution is 0.306. The molecule has 0 amide bonds. The fourth-order valence-electron chi connectivity index (χ4n) is 4.38. The molecule has 2 heteroatoms. The van der Waals surface area contributed by atoms with E-state index in [-0.39, 0.29) is 5.56 Å². The Labute approximate surface area is 161 Å². The van der Waals surface area contributed by atoms with E-state index < -0.39 is 0 Å². The van der Waals surface area contributed by atoms with Gasteiger partial charge in [0.1, 0.15) is 0 Å². The Balaban J connectivity index is 1.79. The Kier molecular flexibility index (Phi) is 4.98. The van der Waals surface area contributed by atoms with E-state index in [0.717, 1.165) is 36.1 Å². The highest BCUT2D eigenvalue weighted by Gasteiger charge is 2.26. The number of nitrogens with zero attached hydrogens (tertiary/aromatic N) is 1. The molecule has 2 nitrogen and oxygen atoms in total. The summed E-state index contributed by atoms with van der Waals surface area (Å²) in [4.78, 5) is 13.3. The van der Waals surface area contributed by atoms with Crippen molar-refractivity contribution >= 4 is 0 Å². The van der Waals surface area contributed by atoms with Crippen LogP contribution in [0.25, 0.3) is 22.3 Å². The molecule has 0 spiro atoms. The first-order valence-corrected chi connectivity index (χ1v) is 10.1. The zero-order chi connectivity index (χ0) is 18.8. The molecule has 3 aromatic rings. The fraction of sp³-hybridized carbons (Fsp3) is 0.320. The molecule has 2 atom stereocenters. The summed E-state index contributed by atoms with van der Waals surface area (Å²) in [5, 5.41) is 0.